The average Bonchev–Trinajstić information content (AvgIpc) is 2.98. The first-order valence-electron chi connectivity index (χ1n) is 6.05. The van der Waals surface area contributed by atoms with Gasteiger partial charge in [-0.1, -0.05) is 0 Å². The van der Waals surface area contributed by atoms with Gasteiger partial charge in [-0.3, -0.25) is 0 Å². The minimum Gasteiger partial charge on any atom is -0.486 e. The lowest BCUT2D eigenvalue weighted by molar-refractivity contribution is -0.137. The van der Waals surface area contributed by atoms with Crippen LogP contribution in [0.25, 0.3) is 0 Å². The second-order valence-corrected chi connectivity index (χ2v) is 3.69. The number of carbonyl (C=O) groups excluding carboxylic acids is 1. The van der Waals surface area contributed by atoms with Gasteiger partial charge < -0.3 is 23.7 Å². The molecule has 19 heavy (non-hydrogen) atoms. The van der Waals surface area contributed by atoms with Gasteiger partial charge >= 0.3 is 5.97 Å². The van der Waals surface area contributed by atoms with E-state index in [-0.39, 0.29) is 17.3 Å². The maximum atomic E-state index is 11.7. The average molecular weight is 268 g/mol. The summed E-state index contributed by atoms with van der Waals surface area (Å²) in [5.41, 5.74) is 0. The van der Waals surface area contributed by atoms with Crippen LogP contribution >= 0.6 is 0 Å². The largest absolute Gasteiger partial charge is 0.486 e. The fourth-order valence-electron chi connectivity index (χ4n) is 1.71. The zero-order valence-electron chi connectivity index (χ0n) is 11.1. The predicted octanol–water partition coefficient (Wildman–Crippen LogP) is 1.60. The lowest BCUT2D eigenvalue weighted by Crippen LogP contribution is -2.07. The molecule has 0 fully saturated rings. The van der Waals surface area contributed by atoms with Crippen molar-refractivity contribution in [3.63, 3.8) is 0 Å². The van der Waals surface area contributed by atoms with Crippen LogP contribution in [0.5, 0.6) is 0 Å². The highest BCUT2D eigenvalue weighted by molar-refractivity contribution is 5.92. The van der Waals surface area contributed by atoms with Crippen molar-refractivity contribution in [2.24, 2.45) is 0 Å². The Balaban J connectivity index is 2.34. The van der Waals surface area contributed by atoms with Gasteiger partial charge in [0.1, 0.15) is 0 Å². The molecule has 1 unspecified atom stereocenters. The first-order chi connectivity index (χ1) is 9.21. The summed E-state index contributed by atoms with van der Waals surface area (Å²) in [6.07, 6.45) is 2.89. The summed E-state index contributed by atoms with van der Waals surface area (Å²) >= 11 is 0. The van der Waals surface area contributed by atoms with Crippen molar-refractivity contribution in [3.8, 4) is 0 Å². The van der Waals surface area contributed by atoms with E-state index in [1.807, 2.05) is 6.92 Å². The lowest BCUT2D eigenvalue weighted by atomic mass is 10.3. The van der Waals surface area contributed by atoms with E-state index < -0.39 is 12.3 Å². The molecule has 104 valence electrons. The van der Waals surface area contributed by atoms with Gasteiger partial charge in [0.15, 0.2) is 5.76 Å². The SMILES string of the molecule is CCOC1=C(OCC)/C(=C2/C=CC(OC)O2)OC1=O. The highest BCUT2D eigenvalue weighted by Crippen LogP contribution is 2.33. The summed E-state index contributed by atoms with van der Waals surface area (Å²) in [6, 6.07) is 0. The summed E-state index contributed by atoms with van der Waals surface area (Å²) in [4.78, 5) is 11.7. The fraction of sp³-hybridized carbons (Fsp3) is 0.462. The van der Waals surface area contributed by atoms with Gasteiger partial charge in [0.25, 0.3) is 5.76 Å². The lowest BCUT2D eigenvalue weighted by Gasteiger charge is -2.11. The van der Waals surface area contributed by atoms with Crippen molar-refractivity contribution in [2.75, 3.05) is 20.3 Å². The fourth-order valence-corrected chi connectivity index (χ4v) is 1.71. The molecule has 6 heteroatoms. The van der Waals surface area contributed by atoms with Crippen LogP contribution in [-0.2, 0) is 28.5 Å². The molecule has 0 radical (unpaired) electrons. The normalized spacial score (nSPS) is 25.6. The van der Waals surface area contributed by atoms with E-state index in [1.54, 1.807) is 19.1 Å². The highest BCUT2D eigenvalue weighted by atomic mass is 16.7. The highest BCUT2D eigenvalue weighted by Gasteiger charge is 2.37. The Kier molecular flexibility index (Phi) is 4.11. The van der Waals surface area contributed by atoms with E-state index in [9.17, 15) is 4.79 Å². The first-order valence-corrected chi connectivity index (χ1v) is 6.05. The van der Waals surface area contributed by atoms with E-state index in [0.717, 1.165) is 0 Å². The topological polar surface area (TPSA) is 63.2 Å². The molecule has 0 bridgehead atoms. The third-order valence-electron chi connectivity index (χ3n) is 2.47. The minimum atomic E-state index is -0.578. The maximum absolute atomic E-state index is 11.7. The smallest absolute Gasteiger partial charge is 0.383 e. The van der Waals surface area contributed by atoms with E-state index in [0.29, 0.717) is 19.0 Å². The summed E-state index contributed by atoms with van der Waals surface area (Å²) in [7, 11) is 1.52. The molecule has 2 rings (SSSR count). The van der Waals surface area contributed by atoms with Gasteiger partial charge in [-0.05, 0) is 26.0 Å². The molecule has 0 aromatic carbocycles. The van der Waals surface area contributed by atoms with Crippen molar-refractivity contribution in [1.82, 2.24) is 0 Å². The van der Waals surface area contributed by atoms with Gasteiger partial charge in [0.05, 0.1) is 13.2 Å². The van der Waals surface area contributed by atoms with Crippen LogP contribution < -0.4 is 0 Å². The van der Waals surface area contributed by atoms with Crippen molar-refractivity contribution >= 4 is 5.97 Å². The van der Waals surface area contributed by atoms with E-state index >= 15 is 0 Å². The first kappa shape index (κ1) is 13.5. The summed E-state index contributed by atoms with van der Waals surface area (Å²) in [6.45, 7) is 4.32. The third kappa shape index (κ3) is 2.58. The molecule has 0 saturated carbocycles. The van der Waals surface area contributed by atoms with Crippen LogP contribution in [0.3, 0.4) is 0 Å². The van der Waals surface area contributed by atoms with E-state index in [2.05, 4.69) is 0 Å². The molecule has 2 aliphatic rings. The molecule has 1 atom stereocenters. The number of hydrogen-bond acceptors (Lipinski definition) is 6. The molecule has 0 saturated heterocycles. The minimum absolute atomic E-state index is 0.0738. The van der Waals surface area contributed by atoms with E-state index in [1.165, 1.54) is 7.11 Å². The Morgan fingerprint density at radius 3 is 2.47 bits per heavy atom. The Bertz CT molecular complexity index is 460. The van der Waals surface area contributed by atoms with Gasteiger partial charge in [0, 0.05) is 7.11 Å². The van der Waals surface area contributed by atoms with Crippen molar-refractivity contribution < 1.29 is 28.5 Å². The molecular formula is C13H16O6. The Morgan fingerprint density at radius 2 is 1.89 bits per heavy atom. The number of cyclic esters (lactones) is 1. The van der Waals surface area contributed by atoms with Crippen LogP contribution in [0.2, 0.25) is 0 Å². The molecule has 0 aliphatic carbocycles. The number of hydrogen-bond donors (Lipinski definition) is 0. The predicted molar refractivity (Wildman–Crippen MR) is 64.4 cm³/mol. The molecule has 2 heterocycles. The van der Waals surface area contributed by atoms with Crippen molar-refractivity contribution in [3.05, 3.63) is 35.2 Å². The van der Waals surface area contributed by atoms with Crippen molar-refractivity contribution in [2.45, 2.75) is 20.1 Å². The zero-order chi connectivity index (χ0) is 13.8. The molecule has 2 aliphatic heterocycles. The number of methoxy groups -OCH3 is 1. The van der Waals surface area contributed by atoms with E-state index in [4.69, 9.17) is 23.7 Å². The molecular weight excluding hydrogens is 252 g/mol. The summed E-state index contributed by atoms with van der Waals surface area (Å²) in [5, 5.41) is 0. The molecule has 0 aromatic heterocycles. The quantitative estimate of drug-likeness (QED) is 0.706. The molecule has 0 N–H and O–H groups in total. The summed E-state index contributed by atoms with van der Waals surface area (Å²) < 4.78 is 26.3. The monoisotopic (exact) mass is 268 g/mol. The Hall–Kier alpha value is -1.95. The van der Waals surface area contributed by atoms with Crippen LogP contribution in [-0.4, -0.2) is 32.6 Å². The van der Waals surface area contributed by atoms with Gasteiger partial charge in [-0.2, -0.15) is 0 Å². The van der Waals surface area contributed by atoms with Crippen LogP contribution in [0.15, 0.2) is 35.2 Å². The summed E-state index contributed by atoms with van der Waals surface area (Å²) in [5.74, 6) is 0.380. The number of carbonyl (C=O) groups is 1. The van der Waals surface area contributed by atoms with Crippen molar-refractivity contribution in [1.29, 1.82) is 0 Å². The zero-order valence-corrected chi connectivity index (χ0v) is 11.1. The van der Waals surface area contributed by atoms with Gasteiger partial charge in [0.2, 0.25) is 17.8 Å². The maximum Gasteiger partial charge on any atom is 0.383 e. The molecule has 6 nitrogen and oxygen atoms in total. The number of allylic oxidation sites excluding steroid dienone is 1. The number of ether oxygens (including phenoxy) is 5. The van der Waals surface area contributed by atoms with Gasteiger partial charge in [-0.25, -0.2) is 4.79 Å². The number of rotatable bonds is 5. The van der Waals surface area contributed by atoms with Crippen LogP contribution in [0.4, 0.5) is 0 Å². The standard InChI is InChI=1S/C13H16O6/c1-4-16-11-10(8-6-7-9(15-3)18-8)19-13(14)12(11)17-5-2/h6-7,9H,4-5H2,1-3H3/b10-8+. The Labute approximate surface area is 111 Å². The molecule has 0 aromatic rings. The Morgan fingerprint density at radius 1 is 1.21 bits per heavy atom. The second-order valence-electron chi connectivity index (χ2n) is 3.69. The third-order valence-corrected chi connectivity index (χ3v) is 2.47. The second kappa shape index (κ2) is 5.79. The van der Waals surface area contributed by atoms with Crippen LogP contribution in [0.1, 0.15) is 13.8 Å². The molecule has 0 amide bonds. The van der Waals surface area contributed by atoms with Crippen LogP contribution in [0, 0.1) is 0 Å². The molecule has 0 spiro atoms. The number of esters is 1. The van der Waals surface area contributed by atoms with Gasteiger partial charge in [-0.15, -0.1) is 0 Å².